The predicted molar refractivity (Wildman–Crippen MR) is 114 cm³/mol. The Morgan fingerprint density at radius 1 is 1.17 bits per heavy atom. The molecule has 1 amide bonds. The van der Waals surface area contributed by atoms with Crippen molar-refractivity contribution in [2.45, 2.75) is 37.4 Å². The summed E-state index contributed by atoms with van der Waals surface area (Å²) in [5.41, 5.74) is 2.83. The molecule has 2 aromatic rings. The second-order valence-corrected chi connectivity index (χ2v) is 9.36. The van der Waals surface area contributed by atoms with Crippen LogP contribution >= 0.6 is 23.1 Å². The molecule has 2 N–H and O–H groups in total. The Morgan fingerprint density at radius 2 is 1.97 bits per heavy atom. The summed E-state index contributed by atoms with van der Waals surface area (Å²) in [5.74, 6) is 0.884. The van der Waals surface area contributed by atoms with E-state index in [9.17, 15) is 9.59 Å². The van der Waals surface area contributed by atoms with E-state index in [1.165, 1.54) is 0 Å². The summed E-state index contributed by atoms with van der Waals surface area (Å²) in [5, 5.41) is 9.00. The average molecular weight is 436 g/mol. The zero-order valence-corrected chi connectivity index (χ0v) is 17.9. The lowest BCUT2D eigenvalue weighted by Crippen LogP contribution is -2.32. The number of rotatable bonds is 8. The van der Waals surface area contributed by atoms with Crippen molar-refractivity contribution in [3.63, 3.8) is 0 Å². The highest BCUT2D eigenvalue weighted by Gasteiger charge is 2.38. The minimum Gasteiger partial charge on any atom is -0.482 e. The first kappa shape index (κ1) is 21.7. The number of benzene rings is 1. The van der Waals surface area contributed by atoms with E-state index in [4.69, 9.17) is 14.7 Å². The van der Waals surface area contributed by atoms with Crippen LogP contribution in [0.25, 0.3) is 10.4 Å². The quantitative estimate of drug-likeness (QED) is 0.364. The van der Waals surface area contributed by atoms with Crippen molar-refractivity contribution in [2.24, 2.45) is 0 Å². The molecule has 0 unspecified atom stereocenters. The van der Waals surface area contributed by atoms with Gasteiger partial charge in [-0.05, 0) is 67.5 Å². The zero-order valence-electron chi connectivity index (χ0n) is 16.3. The minimum atomic E-state index is -0.387. The van der Waals surface area contributed by atoms with Crippen molar-refractivity contribution in [1.82, 2.24) is 5.48 Å². The van der Waals surface area contributed by atoms with Gasteiger partial charge in [-0.2, -0.15) is 0 Å². The minimum absolute atomic E-state index is 0.108. The SMILES string of the molecule is CCOC(=O)COc1ccc(-c2ccc([C@@]3(CC(=O)NO)CCCCS3)s2)cc1. The van der Waals surface area contributed by atoms with Gasteiger partial charge in [-0.25, -0.2) is 10.3 Å². The van der Waals surface area contributed by atoms with Gasteiger partial charge in [0.15, 0.2) is 6.61 Å². The molecule has 156 valence electrons. The van der Waals surface area contributed by atoms with Crippen molar-refractivity contribution >= 4 is 35.0 Å². The lowest BCUT2D eigenvalue weighted by Gasteiger charge is -2.35. The zero-order chi connectivity index (χ0) is 20.7. The fraction of sp³-hybridized carbons (Fsp3) is 0.429. The van der Waals surface area contributed by atoms with Gasteiger partial charge in [-0.15, -0.1) is 23.1 Å². The van der Waals surface area contributed by atoms with E-state index in [1.54, 1.807) is 35.5 Å². The Hall–Kier alpha value is -2.03. The second-order valence-electron chi connectivity index (χ2n) is 6.79. The van der Waals surface area contributed by atoms with Crippen LogP contribution in [0.15, 0.2) is 36.4 Å². The highest BCUT2D eigenvalue weighted by molar-refractivity contribution is 8.00. The van der Waals surface area contributed by atoms with Crippen LogP contribution in [0.4, 0.5) is 0 Å². The molecule has 1 aromatic heterocycles. The van der Waals surface area contributed by atoms with Crippen molar-refractivity contribution in [1.29, 1.82) is 0 Å². The maximum absolute atomic E-state index is 11.9. The molecule has 0 radical (unpaired) electrons. The monoisotopic (exact) mass is 435 g/mol. The Kier molecular flexibility index (Phi) is 7.57. The normalized spacial score (nSPS) is 18.8. The molecule has 1 atom stereocenters. The summed E-state index contributed by atoms with van der Waals surface area (Å²) in [4.78, 5) is 25.6. The van der Waals surface area contributed by atoms with Crippen molar-refractivity contribution in [2.75, 3.05) is 19.0 Å². The maximum Gasteiger partial charge on any atom is 0.344 e. The Labute approximate surface area is 178 Å². The van der Waals surface area contributed by atoms with Crippen LogP contribution in [-0.2, 0) is 19.1 Å². The summed E-state index contributed by atoms with van der Waals surface area (Å²) < 4.78 is 10.0. The third-order valence-electron chi connectivity index (χ3n) is 4.78. The molecule has 6 nitrogen and oxygen atoms in total. The molecular weight excluding hydrogens is 410 g/mol. The number of hydrogen-bond donors (Lipinski definition) is 2. The van der Waals surface area contributed by atoms with E-state index >= 15 is 0 Å². The van der Waals surface area contributed by atoms with E-state index in [-0.39, 0.29) is 29.7 Å². The highest BCUT2D eigenvalue weighted by atomic mass is 32.2. The molecule has 1 aromatic carbocycles. The van der Waals surface area contributed by atoms with Crippen LogP contribution in [0.1, 0.15) is 37.5 Å². The molecular formula is C21H25NO5S2. The van der Waals surface area contributed by atoms with Crippen molar-refractivity contribution in [3.05, 3.63) is 41.3 Å². The number of ether oxygens (including phenoxy) is 2. The van der Waals surface area contributed by atoms with Crippen molar-refractivity contribution < 1.29 is 24.3 Å². The average Bonchev–Trinajstić information content (AvgIpc) is 3.24. The standard InChI is InChI=1S/C21H25NO5S2/c1-2-26-20(24)14-27-16-7-5-15(6-8-16)17-9-10-18(29-17)21(13-19(23)22-25)11-3-4-12-28-21/h5-10,25H,2-4,11-14H2,1H3,(H,22,23)/t21-/m0/s1. The number of thiophene rings is 1. The lowest BCUT2D eigenvalue weighted by atomic mass is 9.94. The van der Waals surface area contributed by atoms with Crippen LogP contribution in [0, 0.1) is 0 Å². The molecule has 1 aliphatic rings. The number of carbonyl (C=O) groups is 2. The third kappa shape index (κ3) is 5.52. The van der Waals surface area contributed by atoms with E-state index in [0.29, 0.717) is 12.4 Å². The van der Waals surface area contributed by atoms with Gasteiger partial charge in [0, 0.05) is 16.2 Å². The van der Waals surface area contributed by atoms with Crippen LogP contribution in [-0.4, -0.2) is 36.1 Å². The van der Waals surface area contributed by atoms with Crippen molar-refractivity contribution in [3.8, 4) is 16.2 Å². The molecule has 8 heteroatoms. The first-order chi connectivity index (χ1) is 14.1. The van der Waals surface area contributed by atoms with E-state index in [1.807, 2.05) is 24.3 Å². The third-order valence-corrected chi connectivity index (χ3v) is 7.86. The molecule has 2 heterocycles. The molecule has 0 spiro atoms. The summed E-state index contributed by atoms with van der Waals surface area (Å²) in [6.07, 6.45) is 3.42. The second kappa shape index (κ2) is 10.1. The molecule has 1 saturated heterocycles. The smallest absolute Gasteiger partial charge is 0.344 e. The number of carbonyl (C=O) groups excluding carboxylic acids is 2. The summed E-state index contributed by atoms with van der Waals surface area (Å²) >= 11 is 3.48. The summed E-state index contributed by atoms with van der Waals surface area (Å²) in [6.45, 7) is 1.98. The lowest BCUT2D eigenvalue weighted by molar-refractivity contribution is -0.145. The number of thioether (sulfide) groups is 1. The first-order valence-corrected chi connectivity index (χ1v) is 11.4. The van der Waals surface area contributed by atoms with Gasteiger partial charge in [-0.1, -0.05) is 6.42 Å². The van der Waals surface area contributed by atoms with Gasteiger partial charge in [0.1, 0.15) is 5.75 Å². The number of hydroxylamine groups is 1. The van der Waals surface area contributed by atoms with Gasteiger partial charge >= 0.3 is 5.97 Å². The molecule has 1 fully saturated rings. The van der Waals surface area contributed by atoms with Gasteiger partial charge < -0.3 is 9.47 Å². The summed E-state index contributed by atoms with van der Waals surface area (Å²) in [7, 11) is 0. The van der Waals surface area contributed by atoms with Gasteiger partial charge in [0.2, 0.25) is 5.91 Å². The molecule has 0 saturated carbocycles. The number of nitrogens with one attached hydrogen (secondary N) is 1. The van der Waals surface area contributed by atoms with Gasteiger partial charge in [0.25, 0.3) is 0 Å². The molecule has 0 aliphatic carbocycles. The highest BCUT2D eigenvalue weighted by Crippen LogP contribution is 2.50. The van der Waals surface area contributed by atoms with E-state index in [0.717, 1.165) is 40.3 Å². The number of hydrogen-bond acceptors (Lipinski definition) is 7. The van der Waals surface area contributed by atoms with Crippen LogP contribution in [0.5, 0.6) is 5.75 Å². The molecule has 0 bridgehead atoms. The van der Waals surface area contributed by atoms with Gasteiger partial charge in [0.05, 0.1) is 11.4 Å². The van der Waals surface area contributed by atoms with Gasteiger partial charge in [-0.3, -0.25) is 10.0 Å². The Morgan fingerprint density at radius 3 is 2.62 bits per heavy atom. The summed E-state index contributed by atoms with van der Waals surface area (Å²) in [6, 6.07) is 11.7. The maximum atomic E-state index is 11.9. The van der Waals surface area contributed by atoms with E-state index < -0.39 is 0 Å². The fourth-order valence-corrected chi connectivity index (χ4v) is 6.27. The number of amides is 1. The molecule has 3 rings (SSSR count). The predicted octanol–water partition coefficient (Wildman–Crippen LogP) is 4.36. The topological polar surface area (TPSA) is 84.9 Å². The molecule has 29 heavy (non-hydrogen) atoms. The van der Waals surface area contributed by atoms with Crippen LogP contribution in [0.3, 0.4) is 0 Å². The van der Waals surface area contributed by atoms with E-state index in [2.05, 4.69) is 12.1 Å². The number of esters is 1. The Balaban J connectivity index is 1.72. The molecule has 1 aliphatic heterocycles. The van der Waals surface area contributed by atoms with Crippen LogP contribution in [0.2, 0.25) is 0 Å². The van der Waals surface area contributed by atoms with Crippen LogP contribution < -0.4 is 10.2 Å². The first-order valence-electron chi connectivity index (χ1n) is 9.62. The fourth-order valence-electron chi connectivity index (χ4n) is 3.37. The largest absolute Gasteiger partial charge is 0.482 e. The Bertz CT molecular complexity index is 828.